The van der Waals surface area contributed by atoms with Crippen LogP contribution in [0.4, 0.5) is 5.00 Å². The molecule has 0 aliphatic carbocycles. The molecule has 3 aliphatic rings. The van der Waals surface area contributed by atoms with Gasteiger partial charge in [0.2, 0.25) is 11.8 Å². The Morgan fingerprint density at radius 1 is 1.17 bits per heavy atom. The third-order valence-electron chi connectivity index (χ3n) is 7.05. The largest absolute Gasteiger partial charge is 0.373 e. The van der Waals surface area contributed by atoms with Crippen molar-refractivity contribution in [2.24, 2.45) is 11.8 Å². The van der Waals surface area contributed by atoms with Crippen LogP contribution < -0.4 is 4.90 Å². The number of hydrogen-bond donors (Lipinski definition) is 0. The van der Waals surface area contributed by atoms with E-state index >= 15 is 0 Å². The van der Waals surface area contributed by atoms with E-state index in [1.165, 1.54) is 21.8 Å². The third-order valence-corrected chi connectivity index (χ3v) is 8.14. The Balaban J connectivity index is 1.55. The minimum atomic E-state index is -0.386. The van der Waals surface area contributed by atoms with Crippen molar-refractivity contribution in [1.82, 2.24) is 0 Å². The summed E-state index contributed by atoms with van der Waals surface area (Å²) < 4.78 is 5.83. The molecule has 0 N–H and O–H groups in total. The average molecular weight is 421 g/mol. The monoisotopic (exact) mass is 420 g/mol. The number of fused-ring (bicyclic) bond motifs is 5. The van der Waals surface area contributed by atoms with Gasteiger partial charge in [-0.3, -0.25) is 9.59 Å². The molecule has 5 atom stereocenters. The lowest BCUT2D eigenvalue weighted by Gasteiger charge is -2.16. The van der Waals surface area contributed by atoms with Crippen molar-refractivity contribution in [1.29, 1.82) is 5.26 Å². The second kappa shape index (κ2) is 7.04. The predicted octanol–water partition coefficient (Wildman–Crippen LogP) is 4.78. The predicted molar refractivity (Wildman–Crippen MR) is 115 cm³/mol. The summed E-state index contributed by atoms with van der Waals surface area (Å²) in [6, 6.07) is 10.6. The molecule has 3 aliphatic heterocycles. The Morgan fingerprint density at radius 2 is 1.77 bits per heavy atom. The highest BCUT2D eigenvalue weighted by atomic mass is 32.1. The maximum Gasteiger partial charge on any atom is 0.241 e. The van der Waals surface area contributed by atoms with Gasteiger partial charge in [0.15, 0.2) is 0 Å². The number of aryl methyl sites for hydroxylation is 1. The van der Waals surface area contributed by atoms with Crippen LogP contribution in [0, 0.1) is 30.1 Å². The molecular weight excluding hydrogens is 396 g/mol. The Kier molecular flexibility index (Phi) is 4.57. The second-order valence-corrected chi connectivity index (χ2v) is 9.81. The van der Waals surface area contributed by atoms with Crippen LogP contribution in [0.1, 0.15) is 55.0 Å². The van der Waals surface area contributed by atoms with Crippen molar-refractivity contribution < 1.29 is 14.3 Å². The number of anilines is 1. The number of thiophene rings is 1. The van der Waals surface area contributed by atoms with E-state index in [1.807, 2.05) is 19.1 Å². The van der Waals surface area contributed by atoms with E-state index in [2.05, 4.69) is 32.0 Å². The maximum absolute atomic E-state index is 13.2. The van der Waals surface area contributed by atoms with Crippen molar-refractivity contribution in [3.63, 3.8) is 0 Å². The average Bonchev–Trinajstić information content (AvgIpc) is 3.50. The molecule has 3 saturated heterocycles. The molecule has 2 aromatic rings. The van der Waals surface area contributed by atoms with Crippen molar-refractivity contribution in [3.8, 4) is 17.2 Å². The summed E-state index contributed by atoms with van der Waals surface area (Å²) in [7, 11) is 0. The molecule has 3 fully saturated rings. The van der Waals surface area contributed by atoms with Crippen LogP contribution in [0.25, 0.3) is 11.1 Å². The number of carbonyl (C=O) groups excluding carboxylic acids is 2. The topological polar surface area (TPSA) is 70.4 Å². The zero-order chi connectivity index (χ0) is 21.2. The molecule has 0 radical (unpaired) electrons. The van der Waals surface area contributed by atoms with E-state index < -0.39 is 0 Å². The fourth-order valence-corrected chi connectivity index (χ4v) is 6.40. The van der Waals surface area contributed by atoms with Crippen LogP contribution in [-0.4, -0.2) is 24.0 Å². The number of hydrogen-bond acceptors (Lipinski definition) is 5. The Bertz CT molecular complexity index is 1050. The van der Waals surface area contributed by atoms with Gasteiger partial charge in [0.05, 0.1) is 29.6 Å². The van der Waals surface area contributed by atoms with Crippen LogP contribution in [0.2, 0.25) is 0 Å². The molecule has 5 rings (SSSR count). The molecule has 6 heteroatoms. The minimum absolute atomic E-state index is 0.152. The van der Waals surface area contributed by atoms with Crippen LogP contribution in [0.15, 0.2) is 24.3 Å². The van der Waals surface area contributed by atoms with Gasteiger partial charge >= 0.3 is 0 Å². The minimum Gasteiger partial charge on any atom is -0.373 e. The van der Waals surface area contributed by atoms with Gasteiger partial charge < -0.3 is 4.74 Å². The number of nitrogens with zero attached hydrogens (tertiary/aromatic N) is 2. The highest BCUT2D eigenvalue weighted by molar-refractivity contribution is 7.17. The Labute approximate surface area is 180 Å². The summed E-state index contributed by atoms with van der Waals surface area (Å²) >= 11 is 1.36. The van der Waals surface area contributed by atoms with Crippen LogP contribution in [-0.2, 0) is 14.3 Å². The first kappa shape index (κ1) is 19.5. The van der Waals surface area contributed by atoms with E-state index in [-0.39, 0.29) is 35.9 Å². The second-order valence-electron chi connectivity index (χ2n) is 8.61. The normalized spacial score (nSPS) is 28.1. The quantitative estimate of drug-likeness (QED) is 0.668. The van der Waals surface area contributed by atoms with Gasteiger partial charge in [-0.05, 0) is 43.2 Å². The van der Waals surface area contributed by atoms with Crippen LogP contribution in [0.5, 0.6) is 0 Å². The number of benzene rings is 1. The lowest BCUT2D eigenvalue weighted by Crippen LogP contribution is -2.34. The lowest BCUT2D eigenvalue weighted by atomic mass is 9.81. The molecule has 30 heavy (non-hydrogen) atoms. The van der Waals surface area contributed by atoms with Gasteiger partial charge in [-0.15, -0.1) is 11.3 Å². The van der Waals surface area contributed by atoms with Gasteiger partial charge in [-0.25, -0.2) is 4.90 Å². The van der Waals surface area contributed by atoms with Gasteiger partial charge in [0.25, 0.3) is 0 Å². The molecule has 0 spiro atoms. The molecule has 0 unspecified atom stereocenters. The van der Waals surface area contributed by atoms with Gasteiger partial charge in [0.1, 0.15) is 11.1 Å². The van der Waals surface area contributed by atoms with Crippen LogP contribution in [0.3, 0.4) is 0 Å². The summed E-state index contributed by atoms with van der Waals surface area (Å²) in [5.41, 5.74) is 3.45. The number of carbonyl (C=O) groups is 2. The van der Waals surface area contributed by atoms with Crippen molar-refractivity contribution in [3.05, 3.63) is 40.3 Å². The van der Waals surface area contributed by atoms with E-state index in [9.17, 15) is 14.9 Å². The summed E-state index contributed by atoms with van der Waals surface area (Å²) in [6.45, 7) is 6.31. The molecule has 0 saturated carbocycles. The summed E-state index contributed by atoms with van der Waals surface area (Å²) in [6.07, 6.45) is 2.43. The first-order valence-corrected chi connectivity index (χ1v) is 11.4. The molecule has 1 aromatic carbocycles. The molecule has 5 nitrogen and oxygen atoms in total. The van der Waals surface area contributed by atoms with E-state index in [0.29, 0.717) is 16.5 Å². The zero-order valence-electron chi connectivity index (χ0n) is 17.3. The SMILES string of the molecule is CC[C@H](C)c1ccc(-c2c(C)sc(N3C(=O)[C@@H]4[C@@H](C3=O)[C@@H]3CC[C@@H]4O3)c2C#N)cc1. The van der Waals surface area contributed by atoms with Gasteiger partial charge in [-0.2, -0.15) is 5.26 Å². The summed E-state index contributed by atoms with van der Waals surface area (Å²) in [5, 5.41) is 10.5. The van der Waals surface area contributed by atoms with E-state index in [0.717, 1.165) is 35.3 Å². The highest BCUT2D eigenvalue weighted by Gasteiger charge is 2.63. The smallest absolute Gasteiger partial charge is 0.241 e. The molecule has 2 amide bonds. The Morgan fingerprint density at radius 3 is 2.30 bits per heavy atom. The molecule has 154 valence electrons. The first-order chi connectivity index (χ1) is 14.5. The number of amides is 2. The molecule has 1 aromatic heterocycles. The fourth-order valence-electron chi connectivity index (χ4n) is 5.27. The number of rotatable bonds is 4. The van der Waals surface area contributed by atoms with E-state index in [4.69, 9.17) is 4.74 Å². The van der Waals surface area contributed by atoms with E-state index in [1.54, 1.807) is 0 Å². The number of nitriles is 1. The van der Waals surface area contributed by atoms with Gasteiger partial charge in [0, 0.05) is 10.4 Å². The van der Waals surface area contributed by atoms with Crippen molar-refractivity contribution >= 4 is 28.2 Å². The fraction of sp³-hybridized carbons (Fsp3) is 0.458. The summed E-state index contributed by atoms with van der Waals surface area (Å²) in [5.74, 6) is -0.695. The Hall–Kier alpha value is -2.49. The van der Waals surface area contributed by atoms with Crippen LogP contribution >= 0.6 is 11.3 Å². The zero-order valence-corrected chi connectivity index (χ0v) is 18.2. The summed E-state index contributed by atoms with van der Waals surface area (Å²) in [4.78, 5) is 28.6. The maximum atomic E-state index is 13.2. The molecule has 2 bridgehead atoms. The lowest BCUT2D eigenvalue weighted by molar-refractivity contribution is -0.124. The number of ether oxygens (including phenoxy) is 1. The standard InChI is InChI=1S/C24H24N2O3S/c1-4-12(2)14-5-7-15(8-6-14)19-13(3)30-24(16(19)11-25)26-22(27)20-17-9-10-18(29-17)21(20)23(26)28/h5-8,12,17-18,20-21H,4,9-10H2,1-3H3/t12-,17-,18-,20-,21-/m0/s1. The van der Waals surface area contributed by atoms with Crippen molar-refractivity contribution in [2.45, 2.75) is 58.2 Å². The number of imide groups is 1. The van der Waals surface area contributed by atoms with Gasteiger partial charge in [-0.1, -0.05) is 38.1 Å². The third kappa shape index (κ3) is 2.62. The molecular formula is C24H24N2O3S. The molecule has 4 heterocycles. The highest BCUT2D eigenvalue weighted by Crippen LogP contribution is 2.52. The van der Waals surface area contributed by atoms with Crippen molar-refractivity contribution in [2.75, 3.05) is 4.90 Å². The first-order valence-electron chi connectivity index (χ1n) is 10.6.